The SMILES string of the molecule is CCCC(=O)C1C=CCC=C1CCOC. The molecular formula is C13H20O2. The predicted molar refractivity (Wildman–Crippen MR) is 61.7 cm³/mol. The standard InChI is InChI=1S/C13H20O2/c1-3-6-13(14)12-8-5-4-7-11(12)9-10-15-2/h5,7-8,12H,3-4,6,9-10H2,1-2H3. The van der Waals surface area contributed by atoms with Crippen LogP contribution in [-0.2, 0) is 9.53 Å². The van der Waals surface area contributed by atoms with Crippen LogP contribution in [0.1, 0.15) is 32.6 Å². The summed E-state index contributed by atoms with van der Waals surface area (Å²) in [5.41, 5.74) is 1.23. The van der Waals surface area contributed by atoms with E-state index in [-0.39, 0.29) is 5.92 Å². The highest BCUT2D eigenvalue weighted by Crippen LogP contribution is 2.24. The Labute approximate surface area is 92.0 Å². The maximum Gasteiger partial charge on any atom is 0.143 e. The first-order valence-corrected chi connectivity index (χ1v) is 5.66. The van der Waals surface area contributed by atoms with Gasteiger partial charge in [0.15, 0.2) is 0 Å². The molecular weight excluding hydrogens is 188 g/mol. The van der Waals surface area contributed by atoms with Crippen molar-refractivity contribution >= 4 is 5.78 Å². The summed E-state index contributed by atoms with van der Waals surface area (Å²) in [7, 11) is 1.70. The molecule has 0 saturated heterocycles. The Hall–Kier alpha value is -0.890. The molecule has 0 spiro atoms. The number of Topliss-reactive ketones (excluding diaryl/α,β-unsaturated/α-hetero) is 1. The van der Waals surface area contributed by atoms with Crippen LogP contribution in [0.15, 0.2) is 23.8 Å². The van der Waals surface area contributed by atoms with E-state index in [0.717, 1.165) is 19.3 Å². The van der Waals surface area contributed by atoms with E-state index in [1.165, 1.54) is 5.57 Å². The van der Waals surface area contributed by atoms with Crippen LogP contribution < -0.4 is 0 Å². The highest BCUT2D eigenvalue weighted by Gasteiger charge is 2.20. The number of hydrogen-bond acceptors (Lipinski definition) is 2. The molecule has 84 valence electrons. The Morgan fingerprint density at radius 1 is 1.60 bits per heavy atom. The summed E-state index contributed by atoms with van der Waals surface area (Å²) < 4.78 is 5.06. The molecule has 0 fully saturated rings. The lowest BCUT2D eigenvalue weighted by molar-refractivity contribution is -0.120. The first-order valence-electron chi connectivity index (χ1n) is 5.66. The van der Waals surface area contributed by atoms with Gasteiger partial charge >= 0.3 is 0 Å². The molecule has 0 aromatic rings. The van der Waals surface area contributed by atoms with E-state index in [4.69, 9.17) is 4.74 Å². The Morgan fingerprint density at radius 3 is 3.07 bits per heavy atom. The van der Waals surface area contributed by atoms with Crippen LogP contribution in [-0.4, -0.2) is 19.5 Å². The Morgan fingerprint density at radius 2 is 2.40 bits per heavy atom. The Kier molecular flexibility index (Phi) is 5.33. The second kappa shape index (κ2) is 6.57. The van der Waals surface area contributed by atoms with Crippen molar-refractivity contribution in [2.75, 3.05) is 13.7 Å². The average molecular weight is 208 g/mol. The van der Waals surface area contributed by atoms with Gasteiger partial charge in [0.2, 0.25) is 0 Å². The van der Waals surface area contributed by atoms with Crippen molar-refractivity contribution < 1.29 is 9.53 Å². The molecule has 1 aliphatic rings. The van der Waals surface area contributed by atoms with Gasteiger partial charge in [0.25, 0.3) is 0 Å². The minimum Gasteiger partial charge on any atom is -0.384 e. The fourth-order valence-electron chi connectivity index (χ4n) is 1.88. The minimum atomic E-state index is 0.0221. The van der Waals surface area contributed by atoms with Crippen molar-refractivity contribution in [1.82, 2.24) is 0 Å². The number of rotatable bonds is 6. The van der Waals surface area contributed by atoms with E-state index in [0.29, 0.717) is 18.8 Å². The second-order valence-electron chi connectivity index (χ2n) is 3.88. The minimum absolute atomic E-state index is 0.0221. The maximum absolute atomic E-state index is 11.8. The number of carbonyl (C=O) groups excluding carboxylic acids is 1. The third kappa shape index (κ3) is 3.63. The van der Waals surface area contributed by atoms with Gasteiger partial charge in [-0.1, -0.05) is 30.7 Å². The summed E-state index contributed by atoms with van der Waals surface area (Å²) in [6.45, 7) is 2.75. The molecule has 0 heterocycles. The highest BCUT2D eigenvalue weighted by atomic mass is 16.5. The van der Waals surface area contributed by atoms with Crippen molar-refractivity contribution in [2.24, 2.45) is 5.92 Å². The van der Waals surface area contributed by atoms with Gasteiger partial charge in [0, 0.05) is 20.1 Å². The molecule has 1 unspecified atom stereocenters. The van der Waals surface area contributed by atoms with Crippen LogP contribution in [0.4, 0.5) is 0 Å². The van der Waals surface area contributed by atoms with E-state index >= 15 is 0 Å². The first kappa shape index (κ1) is 12.2. The quantitative estimate of drug-likeness (QED) is 0.627. The fraction of sp³-hybridized carbons (Fsp3) is 0.615. The second-order valence-corrected chi connectivity index (χ2v) is 3.88. The van der Waals surface area contributed by atoms with E-state index in [2.05, 4.69) is 12.2 Å². The van der Waals surface area contributed by atoms with E-state index < -0.39 is 0 Å². The molecule has 0 aliphatic heterocycles. The van der Waals surface area contributed by atoms with Crippen LogP contribution in [0.25, 0.3) is 0 Å². The molecule has 0 aromatic carbocycles. The average Bonchev–Trinajstić information content (AvgIpc) is 2.27. The predicted octanol–water partition coefficient (Wildman–Crippen LogP) is 2.89. The molecule has 0 N–H and O–H groups in total. The molecule has 0 amide bonds. The number of allylic oxidation sites excluding steroid dienone is 3. The number of carbonyl (C=O) groups is 1. The Balaban J connectivity index is 2.58. The lowest BCUT2D eigenvalue weighted by Crippen LogP contribution is -2.17. The molecule has 15 heavy (non-hydrogen) atoms. The fourth-order valence-corrected chi connectivity index (χ4v) is 1.88. The molecule has 1 aliphatic carbocycles. The summed E-state index contributed by atoms with van der Waals surface area (Å²) in [4.78, 5) is 11.8. The molecule has 2 heteroatoms. The summed E-state index contributed by atoms with van der Waals surface area (Å²) in [5, 5.41) is 0. The molecule has 0 bridgehead atoms. The molecule has 0 aromatic heterocycles. The molecule has 2 nitrogen and oxygen atoms in total. The van der Waals surface area contributed by atoms with Crippen molar-refractivity contribution in [3.63, 3.8) is 0 Å². The van der Waals surface area contributed by atoms with E-state index in [1.54, 1.807) is 7.11 Å². The molecule has 0 radical (unpaired) electrons. The monoisotopic (exact) mass is 208 g/mol. The van der Waals surface area contributed by atoms with Gasteiger partial charge in [-0.05, 0) is 19.3 Å². The summed E-state index contributed by atoms with van der Waals surface area (Å²) >= 11 is 0. The van der Waals surface area contributed by atoms with Crippen molar-refractivity contribution in [3.05, 3.63) is 23.8 Å². The number of hydrogen-bond donors (Lipinski definition) is 0. The highest BCUT2D eigenvalue weighted by molar-refractivity contribution is 5.85. The number of ether oxygens (including phenoxy) is 1. The smallest absolute Gasteiger partial charge is 0.143 e. The molecule has 1 atom stereocenters. The third-order valence-corrected chi connectivity index (χ3v) is 2.68. The van der Waals surface area contributed by atoms with Crippen molar-refractivity contribution in [3.8, 4) is 0 Å². The zero-order chi connectivity index (χ0) is 11.1. The van der Waals surface area contributed by atoms with Crippen LogP contribution in [0, 0.1) is 5.92 Å². The van der Waals surface area contributed by atoms with E-state index in [9.17, 15) is 4.79 Å². The Bertz CT molecular complexity index is 264. The van der Waals surface area contributed by atoms with Gasteiger partial charge in [-0.25, -0.2) is 0 Å². The van der Waals surface area contributed by atoms with Gasteiger partial charge in [0.1, 0.15) is 5.78 Å². The molecule has 0 saturated carbocycles. The number of methoxy groups -OCH3 is 1. The number of ketones is 1. The van der Waals surface area contributed by atoms with Gasteiger partial charge in [-0.2, -0.15) is 0 Å². The lowest BCUT2D eigenvalue weighted by Gasteiger charge is -2.18. The van der Waals surface area contributed by atoms with Gasteiger partial charge < -0.3 is 4.74 Å². The first-order chi connectivity index (χ1) is 7.29. The summed E-state index contributed by atoms with van der Waals surface area (Å²) in [6.07, 6.45) is 9.73. The summed E-state index contributed by atoms with van der Waals surface area (Å²) in [5.74, 6) is 0.365. The zero-order valence-electron chi connectivity index (χ0n) is 9.66. The largest absolute Gasteiger partial charge is 0.384 e. The normalized spacial score (nSPS) is 20.1. The van der Waals surface area contributed by atoms with Crippen LogP contribution in [0.5, 0.6) is 0 Å². The van der Waals surface area contributed by atoms with Crippen LogP contribution in [0.2, 0.25) is 0 Å². The van der Waals surface area contributed by atoms with Crippen LogP contribution in [0.3, 0.4) is 0 Å². The van der Waals surface area contributed by atoms with Gasteiger partial charge in [-0.15, -0.1) is 0 Å². The van der Waals surface area contributed by atoms with Crippen LogP contribution >= 0.6 is 0 Å². The zero-order valence-corrected chi connectivity index (χ0v) is 9.66. The van der Waals surface area contributed by atoms with E-state index in [1.807, 2.05) is 13.0 Å². The molecule has 1 rings (SSSR count). The van der Waals surface area contributed by atoms with Gasteiger partial charge in [-0.3, -0.25) is 4.79 Å². The third-order valence-electron chi connectivity index (χ3n) is 2.68. The van der Waals surface area contributed by atoms with Crippen molar-refractivity contribution in [1.29, 1.82) is 0 Å². The topological polar surface area (TPSA) is 26.3 Å². The maximum atomic E-state index is 11.8. The lowest BCUT2D eigenvalue weighted by atomic mass is 9.86. The summed E-state index contributed by atoms with van der Waals surface area (Å²) in [6, 6.07) is 0. The van der Waals surface area contributed by atoms with Crippen molar-refractivity contribution in [2.45, 2.75) is 32.6 Å². The van der Waals surface area contributed by atoms with Gasteiger partial charge in [0.05, 0.1) is 5.92 Å².